The van der Waals surface area contributed by atoms with Gasteiger partial charge in [-0.05, 0) is 56.1 Å². The summed E-state index contributed by atoms with van der Waals surface area (Å²) in [5.41, 5.74) is 0.680. The van der Waals surface area contributed by atoms with Crippen molar-refractivity contribution in [3.63, 3.8) is 0 Å². The lowest BCUT2D eigenvalue weighted by Gasteiger charge is -2.49. The Morgan fingerprint density at radius 3 is 2.50 bits per heavy atom. The fraction of sp³-hybridized carbons (Fsp3) is 0.591. The van der Waals surface area contributed by atoms with Gasteiger partial charge in [0.1, 0.15) is 22.8 Å². The van der Waals surface area contributed by atoms with Crippen molar-refractivity contribution >= 4 is 19.9 Å². The highest BCUT2D eigenvalue weighted by Gasteiger charge is 2.55. The van der Waals surface area contributed by atoms with Gasteiger partial charge in [0, 0.05) is 6.42 Å². The molecule has 0 bridgehead atoms. The van der Waals surface area contributed by atoms with Crippen LogP contribution in [0.3, 0.4) is 0 Å². The average molecular weight is 405 g/mol. The molecule has 1 aromatic carbocycles. The van der Waals surface area contributed by atoms with E-state index in [0.717, 1.165) is 5.56 Å². The van der Waals surface area contributed by atoms with Crippen LogP contribution in [-0.2, 0) is 9.22 Å². The fourth-order valence-electron chi connectivity index (χ4n) is 3.84. The number of hydrogen-bond donors (Lipinski definition) is 1. The van der Waals surface area contributed by atoms with Gasteiger partial charge < -0.3 is 19.0 Å². The van der Waals surface area contributed by atoms with Crippen LogP contribution in [0, 0.1) is 6.92 Å². The van der Waals surface area contributed by atoms with Crippen LogP contribution < -0.4 is 9.47 Å². The second-order valence-corrected chi connectivity index (χ2v) is 14.4. The van der Waals surface area contributed by atoms with E-state index < -0.39 is 13.9 Å². The average Bonchev–Trinajstić information content (AvgIpc) is 2.55. The number of ketones is 1. The summed E-state index contributed by atoms with van der Waals surface area (Å²) in [5.74, 6) is 0.888. The van der Waals surface area contributed by atoms with E-state index in [9.17, 15) is 9.90 Å². The predicted octanol–water partition coefficient (Wildman–Crippen LogP) is 5.18. The first-order chi connectivity index (χ1) is 12.8. The molecule has 5 nitrogen and oxygen atoms in total. The molecular formula is C22H32O5Si. The molecule has 0 spiro atoms. The highest BCUT2D eigenvalue weighted by Crippen LogP contribution is 2.50. The van der Waals surface area contributed by atoms with Gasteiger partial charge in [-0.3, -0.25) is 4.79 Å². The van der Waals surface area contributed by atoms with Crippen molar-refractivity contribution in [2.24, 2.45) is 0 Å². The Morgan fingerprint density at radius 1 is 1.29 bits per heavy atom. The van der Waals surface area contributed by atoms with Crippen molar-refractivity contribution < 1.29 is 23.8 Å². The van der Waals surface area contributed by atoms with E-state index in [1.807, 2.05) is 26.0 Å². The number of methoxy groups -OCH3 is 1. The van der Waals surface area contributed by atoms with E-state index in [1.165, 1.54) is 0 Å². The van der Waals surface area contributed by atoms with Crippen LogP contribution >= 0.6 is 0 Å². The lowest BCUT2D eigenvalue weighted by Crippen LogP contribution is -2.59. The highest BCUT2D eigenvalue weighted by atomic mass is 28.4. The van der Waals surface area contributed by atoms with Crippen LogP contribution in [0.5, 0.6) is 11.5 Å². The van der Waals surface area contributed by atoms with E-state index in [4.69, 9.17) is 13.9 Å². The Balaban J connectivity index is 2.14. The van der Waals surface area contributed by atoms with Crippen LogP contribution in [0.4, 0.5) is 0 Å². The number of fused-ring (bicyclic) bond motifs is 2. The van der Waals surface area contributed by atoms with Gasteiger partial charge >= 0.3 is 0 Å². The summed E-state index contributed by atoms with van der Waals surface area (Å²) in [7, 11) is -0.552. The van der Waals surface area contributed by atoms with Gasteiger partial charge in [0.2, 0.25) is 0 Å². The minimum Gasteiger partial charge on any atom is -0.506 e. The topological polar surface area (TPSA) is 65.0 Å². The van der Waals surface area contributed by atoms with Gasteiger partial charge in [0.15, 0.2) is 19.7 Å². The fourth-order valence-corrected chi connectivity index (χ4v) is 5.25. The molecule has 0 radical (unpaired) electrons. The molecule has 0 aromatic heterocycles. The van der Waals surface area contributed by atoms with E-state index in [-0.39, 0.29) is 22.7 Å². The van der Waals surface area contributed by atoms with Gasteiger partial charge in [-0.15, -0.1) is 0 Å². The zero-order valence-corrected chi connectivity index (χ0v) is 19.2. The first-order valence-electron chi connectivity index (χ1n) is 9.84. The van der Waals surface area contributed by atoms with E-state index in [0.29, 0.717) is 35.5 Å². The number of ether oxygens (including phenoxy) is 2. The van der Waals surface area contributed by atoms with E-state index in [1.54, 1.807) is 7.11 Å². The summed E-state index contributed by atoms with van der Waals surface area (Å²) in [4.78, 5) is 12.8. The SMILES string of the molecule is COc1cc(C)cc2c1C(O)=C1C(=O)CC[C@H](O[Si](C)(C)C(C)(C)C)[C@@]1(C)O2. The molecule has 1 aromatic rings. The molecule has 1 aliphatic heterocycles. The standard InChI is InChI=1S/C22H32O5Si/c1-13-11-15(25-6)18-16(12-13)26-22(5)17(27-28(7,8)21(2,3)4)10-9-14(23)19(22)20(18)24/h11-12,17,24H,9-10H2,1-8H3/t17-,22+/m0/s1. The smallest absolute Gasteiger partial charge is 0.192 e. The summed E-state index contributed by atoms with van der Waals surface area (Å²) >= 11 is 0. The van der Waals surface area contributed by atoms with Crippen LogP contribution in [0.15, 0.2) is 17.7 Å². The molecule has 1 aliphatic carbocycles. The van der Waals surface area contributed by atoms with Crippen molar-refractivity contribution in [3.05, 3.63) is 28.8 Å². The number of aryl methyl sites for hydroxylation is 1. The lowest BCUT2D eigenvalue weighted by atomic mass is 9.75. The van der Waals surface area contributed by atoms with Crippen LogP contribution in [0.1, 0.15) is 51.7 Å². The van der Waals surface area contributed by atoms with Gasteiger partial charge in [-0.25, -0.2) is 0 Å². The Morgan fingerprint density at radius 2 is 1.93 bits per heavy atom. The molecule has 2 atom stereocenters. The summed E-state index contributed by atoms with van der Waals surface area (Å²) in [6.07, 6.45) is 0.612. The zero-order chi connectivity index (χ0) is 21.1. The minimum absolute atomic E-state index is 0.0309. The number of carbonyl (C=O) groups excluding carboxylic acids is 1. The molecule has 0 amide bonds. The van der Waals surface area contributed by atoms with Crippen molar-refractivity contribution in [2.75, 3.05) is 7.11 Å². The number of Topliss-reactive ketones (excluding diaryl/α,β-unsaturated/α-hetero) is 1. The van der Waals surface area contributed by atoms with Crippen molar-refractivity contribution in [2.45, 2.75) is 77.3 Å². The molecule has 1 fully saturated rings. The van der Waals surface area contributed by atoms with Crippen molar-refractivity contribution in [3.8, 4) is 11.5 Å². The molecule has 154 valence electrons. The quantitative estimate of drug-likeness (QED) is 0.704. The van der Waals surface area contributed by atoms with E-state index in [2.05, 4.69) is 33.9 Å². The molecule has 0 saturated heterocycles. The predicted molar refractivity (Wildman–Crippen MR) is 113 cm³/mol. The Bertz CT molecular complexity index is 849. The van der Waals surface area contributed by atoms with Gasteiger partial charge in [-0.2, -0.15) is 0 Å². The van der Waals surface area contributed by atoms with Crippen molar-refractivity contribution in [1.29, 1.82) is 0 Å². The monoisotopic (exact) mass is 404 g/mol. The summed E-state index contributed by atoms with van der Waals surface area (Å²) in [5, 5.41) is 11.2. The number of aliphatic hydroxyl groups excluding tert-OH is 1. The molecular weight excluding hydrogens is 372 g/mol. The number of hydrogen-bond acceptors (Lipinski definition) is 5. The third-order valence-electron chi connectivity index (χ3n) is 6.49. The Kier molecular flexibility index (Phi) is 4.95. The Hall–Kier alpha value is -1.79. The lowest BCUT2D eigenvalue weighted by molar-refractivity contribution is -0.124. The molecule has 3 rings (SSSR count). The number of carbonyl (C=O) groups is 1. The van der Waals surface area contributed by atoms with Gasteiger partial charge in [-0.1, -0.05) is 20.8 Å². The van der Waals surface area contributed by atoms with Crippen molar-refractivity contribution in [1.82, 2.24) is 0 Å². The van der Waals surface area contributed by atoms with Gasteiger partial charge in [0.05, 0.1) is 18.8 Å². The second kappa shape index (κ2) is 6.63. The van der Waals surface area contributed by atoms with Gasteiger partial charge in [0.25, 0.3) is 0 Å². The minimum atomic E-state index is -2.10. The first kappa shape index (κ1) is 20.9. The maximum absolute atomic E-state index is 12.8. The largest absolute Gasteiger partial charge is 0.506 e. The second-order valence-electron chi connectivity index (χ2n) is 9.60. The number of benzene rings is 1. The third kappa shape index (κ3) is 3.16. The normalized spacial score (nSPS) is 25.1. The van der Waals surface area contributed by atoms with Crippen LogP contribution in [0.25, 0.3) is 5.76 Å². The highest BCUT2D eigenvalue weighted by molar-refractivity contribution is 6.74. The molecule has 28 heavy (non-hydrogen) atoms. The first-order valence-corrected chi connectivity index (χ1v) is 12.8. The summed E-state index contributed by atoms with van der Waals surface area (Å²) in [6, 6.07) is 3.71. The van der Waals surface area contributed by atoms with E-state index >= 15 is 0 Å². The summed E-state index contributed by atoms with van der Waals surface area (Å²) in [6.45, 7) is 14.8. The van der Waals surface area contributed by atoms with Crippen LogP contribution in [-0.4, -0.2) is 38.0 Å². The Labute approximate surface area is 168 Å². The number of rotatable bonds is 3. The maximum Gasteiger partial charge on any atom is 0.192 e. The molecule has 1 saturated carbocycles. The zero-order valence-electron chi connectivity index (χ0n) is 18.2. The maximum atomic E-state index is 12.8. The summed E-state index contributed by atoms with van der Waals surface area (Å²) < 4.78 is 18.6. The molecule has 1 N–H and O–H groups in total. The third-order valence-corrected chi connectivity index (χ3v) is 11.0. The molecule has 0 unspecified atom stereocenters. The van der Waals surface area contributed by atoms with Crippen LogP contribution in [0.2, 0.25) is 18.1 Å². The number of aliphatic hydroxyl groups is 1. The molecule has 1 heterocycles. The molecule has 6 heteroatoms. The molecule has 2 aliphatic rings.